The molecule has 0 spiro atoms. The normalized spacial score (nSPS) is 23.6. The predicted molar refractivity (Wildman–Crippen MR) is 81.1 cm³/mol. The highest BCUT2D eigenvalue weighted by atomic mass is 79.9. The molecule has 92 valence electrons. The molecule has 1 aliphatic rings. The summed E-state index contributed by atoms with van der Waals surface area (Å²) in [6.07, 6.45) is 1.09. The average molecular weight is 313 g/mol. The lowest BCUT2D eigenvalue weighted by Gasteiger charge is -2.15. The van der Waals surface area contributed by atoms with Crippen LogP contribution in [0.25, 0.3) is 0 Å². The van der Waals surface area contributed by atoms with Crippen LogP contribution < -0.4 is 5.32 Å². The van der Waals surface area contributed by atoms with E-state index in [1.165, 1.54) is 5.56 Å². The summed E-state index contributed by atoms with van der Waals surface area (Å²) in [5.74, 6) is 1.07. The maximum Gasteiger partial charge on any atom is 0.161 e. The van der Waals surface area contributed by atoms with E-state index in [0.717, 1.165) is 27.5 Å². The molecule has 0 aliphatic carbocycles. The van der Waals surface area contributed by atoms with Crippen LogP contribution in [0.5, 0.6) is 0 Å². The monoisotopic (exact) mass is 312 g/mol. The highest BCUT2D eigenvalue weighted by Crippen LogP contribution is 2.31. The van der Waals surface area contributed by atoms with E-state index in [1.807, 2.05) is 11.8 Å². The van der Waals surface area contributed by atoms with Crippen molar-refractivity contribution >= 4 is 38.5 Å². The van der Waals surface area contributed by atoms with Crippen LogP contribution in [0, 0.1) is 6.92 Å². The average Bonchev–Trinajstić information content (AvgIpc) is 2.66. The van der Waals surface area contributed by atoms with Crippen LogP contribution in [-0.4, -0.2) is 16.5 Å². The minimum Gasteiger partial charge on any atom is -0.335 e. The van der Waals surface area contributed by atoms with Crippen molar-refractivity contribution in [3.05, 3.63) is 28.2 Å². The number of amidine groups is 1. The molecule has 0 radical (unpaired) electrons. The van der Waals surface area contributed by atoms with Crippen LogP contribution in [-0.2, 0) is 0 Å². The van der Waals surface area contributed by atoms with Crippen LogP contribution in [0.1, 0.15) is 25.8 Å². The molecule has 0 fully saturated rings. The third kappa shape index (κ3) is 3.05. The molecule has 1 heterocycles. The van der Waals surface area contributed by atoms with Crippen LogP contribution in [0.3, 0.4) is 0 Å². The van der Waals surface area contributed by atoms with Gasteiger partial charge in [-0.2, -0.15) is 0 Å². The first-order chi connectivity index (χ1) is 8.02. The zero-order valence-corrected chi connectivity index (χ0v) is 12.8. The highest BCUT2D eigenvalue weighted by Gasteiger charge is 2.28. The van der Waals surface area contributed by atoms with Crippen LogP contribution in [0.4, 0.5) is 5.69 Å². The molecular weight excluding hydrogens is 296 g/mol. The fraction of sp³-hybridized carbons (Fsp3) is 0.462. The van der Waals surface area contributed by atoms with Gasteiger partial charge in [0.25, 0.3) is 0 Å². The van der Waals surface area contributed by atoms with Gasteiger partial charge in [0.2, 0.25) is 0 Å². The fourth-order valence-electron chi connectivity index (χ4n) is 1.66. The molecule has 1 N–H and O–H groups in total. The number of rotatable bonds is 2. The molecule has 0 amide bonds. The van der Waals surface area contributed by atoms with Gasteiger partial charge >= 0.3 is 0 Å². The van der Waals surface area contributed by atoms with Crippen molar-refractivity contribution in [3.8, 4) is 0 Å². The summed E-state index contributed by atoms with van der Waals surface area (Å²) in [5.41, 5.74) is 2.48. The number of hydrogen-bond acceptors (Lipinski definition) is 3. The summed E-state index contributed by atoms with van der Waals surface area (Å²) in [5, 5.41) is 4.46. The summed E-state index contributed by atoms with van der Waals surface area (Å²) in [6.45, 7) is 6.51. The van der Waals surface area contributed by atoms with Gasteiger partial charge in [0.15, 0.2) is 5.17 Å². The first-order valence-corrected chi connectivity index (χ1v) is 7.56. The topological polar surface area (TPSA) is 24.4 Å². The highest BCUT2D eigenvalue weighted by molar-refractivity contribution is 9.10. The summed E-state index contributed by atoms with van der Waals surface area (Å²) in [7, 11) is 0. The molecule has 0 aromatic heterocycles. The smallest absolute Gasteiger partial charge is 0.161 e. The summed E-state index contributed by atoms with van der Waals surface area (Å²) < 4.78 is 1.11. The number of aryl methyl sites for hydroxylation is 1. The Kier molecular flexibility index (Phi) is 3.83. The third-order valence-corrected chi connectivity index (χ3v) is 4.81. The Morgan fingerprint density at radius 2 is 2.29 bits per heavy atom. The fourth-order valence-corrected chi connectivity index (χ4v) is 3.32. The Bertz CT molecular complexity index is 459. The first-order valence-electron chi connectivity index (χ1n) is 5.78. The molecular formula is C13H17BrN2S. The minimum atomic E-state index is 0.107. The lowest BCUT2D eigenvalue weighted by molar-refractivity contribution is 0.523. The van der Waals surface area contributed by atoms with Crippen molar-refractivity contribution in [2.45, 2.75) is 32.7 Å². The van der Waals surface area contributed by atoms with Crippen molar-refractivity contribution in [3.63, 3.8) is 0 Å². The van der Waals surface area contributed by atoms with Crippen molar-refractivity contribution < 1.29 is 0 Å². The number of nitrogens with one attached hydrogen (secondary N) is 1. The molecule has 2 nitrogen and oxygen atoms in total. The summed E-state index contributed by atoms with van der Waals surface area (Å²) in [4.78, 5) is 4.75. The molecule has 1 atom stereocenters. The zero-order valence-electron chi connectivity index (χ0n) is 10.4. The van der Waals surface area contributed by atoms with Gasteiger partial charge in [0.05, 0.1) is 5.54 Å². The Labute approximate surface area is 115 Å². The molecule has 1 unspecified atom stereocenters. The Morgan fingerprint density at radius 3 is 2.88 bits per heavy atom. The number of halogens is 1. The predicted octanol–water partition coefficient (Wildman–Crippen LogP) is 4.44. The van der Waals surface area contributed by atoms with Gasteiger partial charge in [-0.15, -0.1) is 0 Å². The van der Waals surface area contributed by atoms with Crippen LogP contribution in [0.15, 0.2) is 27.7 Å². The number of aliphatic imine (C=N–C) groups is 1. The molecule has 2 rings (SSSR count). The number of benzene rings is 1. The van der Waals surface area contributed by atoms with Crippen LogP contribution in [0.2, 0.25) is 0 Å². The van der Waals surface area contributed by atoms with E-state index in [4.69, 9.17) is 4.99 Å². The van der Waals surface area contributed by atoms with Gasteiger partial charge in [-0.1, -0.05) is 34.6 Å². The van der Waals surface area contributed by atoms with Gasteiger partial charge < -0.3 is 5.32 Å². The van der Waals surface area contributed by atoms with Gasteiger partial charge in [-0.3, -0.25) is 4.99 Å². The molecule has 1 aromatic carbocycles. The largest absolute Gasteiger partial charge is 0.335 e. The second-order valence-corrected chi connectivity index (χ2v) is 6.52. The molecule has 0 saturated heterocycles. The number of anilines is 1. The van der Waals surface area contributed by atoms with Crippen molar-refractivity contribution in [1.82, 2.24) is 0 Å². The van der Waals surface area contributed by atoms with E-state index in [9.17, 15) is 0 Å². The molecule has 0 saturated carbocycles. The van der Waals surface area contributed by atoms with Gasteiger partial charge in [-0.05, 0) is 44.0 Å². The lowest BCUT2D eigenvalue weighted by atomic mass is 10.0. The van der Waals surface area contributed by atoms with Gasteiger partial charge in [0.1, 0.15) is 0 Å². The Morgan fingerprint density at radius 1 is 1.53 bits per heavy atom. The molecule has 1 aromatic rings. The number of hydrogen-bond donors (Lipinski definition) is 1. The summed E-state index contributed by atoms with van der Waals surface area (Å²) >= 11 is 5.28. The standard InChI is InChI=1S/C13H17BrN2S/c1-4-13(3)8-17-12(16-13)15-11-6-5-10(14)7-9(11)2/h5-7H,4,8H2,1-3H3,(H,15,16). The lowest BCUT2D eigenvalue weighted by Crippen LogP contribution is -2.20. The van der Waals surface area contributed by atoms with E-state index < -0.39 is 0 Å². The number of nitrogens with zero attached hydrogens (tertiary/aromatic N) is 1. The zero-order chi connectivity index (χ0) is 12.5. The second kappa shape index (κ2) is 5.02. The van der Waals surface area contributed by atoms with E-state index in [2.05, 4.69) is 60.2 Å². The van der Waals surface area contributed by atoms with E-state index in [1.54, 1.807) is 0 Å². The van der Waals surface area contributed by atoms with Crippen molar-refractivity contribution in [1.29, 1.82) is 0 Å². The van der Waals surface area contributed by atoms with Gasteiger partial charge in [0, 0.05) is 15.9 Å². The first kappa shape index (κ1) is 13.0. The molecule has 1 aliphatic heterocycles. The Balaban J connectivity index is 2.15. The van der Waals surface area contributed by atoms with E-state index in [0.29, 0.717) is 0 Å². The summed E-state index contributed by atoms with van der Waals surface area (Å²) in [6, 6.07) is 6.25. The second-order valence-electron chi connectivity index (χ2n) is 4.64. The molecule has 0 bridgehead atoms. The maximum absolute atomic E-state index is 4.75. The van der Waals surface area contributed by atoms with Gasteiger partial charge in [-0.25, -0.2) is 0 Å². The van der Waals surface area contributed by atoms with Crippen molar-refractivity contribution in [2.24, 2.45) is 4.99 Å². The van der Waals surface area contributed by atoms with E-state index >= 15 is 0 Å². The van der Waals surface area contributed by atoms with Crippen LogP contribution >= 0.6 is 27.7 Å². The SMILES string of the molecule is CCC1(C)CSC(Nc2ccc(Br)cc2C)=N1. The minimum absolute atomic E-state index is 0.107. The third-order valence-electron chi connectivity index (χ3n) is 3.08. The number of thioether (sulfide) groups is 1. The quantitative estimate of drug-likeness (QED) is 0.873. The Hall–Kier alpha value is -0.480. The van der Waals surface area contributed by atoms with E-state index in [-0.39, 0.29) is 5.54 Å². The molecule has 4 heteroatoms. The maximum atomic E-state index is 4.75. The molecule has 17 heavy (non-hydrogen) atoms. The van der Waals surface area contributed by atoms with Crippen molar-refractivity contribution in [2.75, 3.05) is 11.1 Å².